The van der Waals surface area contributed by atoms with Gasteiger partial charge in [-0.3, -0.25) is 4.79 Å². The Balaban J connectivity index is 1.25. The molecular formula is C24H28N6O2. The highest BCUT2D eigenvalue weighted by Gasteiger charge is 2.50. The lowest BCUT2D eigenvalue weighted by Gasteiger charge is -2.34. The van der Waals surface area contributed by atoms with Crippen LogP contribution in [0.5, 0.6) is 0 Å². The number of aromatic nitrogens is 4. The van der Waals surface area contributed by atoms with Crippen LogP contribution in [0.4, 0.5) is 5.82 Å². The second-order valence-electron chi connectivity index (χ2n) is 9.48. The molecule has 2 saturated heterocycles. The van der Waals surface area contributed by atoms with E-state index in [1.165, 1.54) is 6.20 Å². The molecule has 3 fully saturated rings. The third kappa shape index (κ3) is 3.29. The molecule has 3 aliphatic rings. The average molecular weight is 433 g/mol. The summed E-state index contributed by atoms with van der Waals surface area (Å²) in [5.74, 6) is 2.13. The molecule has 1 atom stereocenters. The molecule has 166 valence electrons. The van der Waals surface area contributed by atoms with E-state index in [4.69, 9.17) is 9.97 Å². The molecule has 32 heavy (non-hydrogen) atoms. The zero-order chi connectivity index (χ0) is 21.7. The van der Waals surface area contributed by atoms with Crippen LogP contribution in [0.25, 0.3) is 11.2 Å². The maximum atomic E-state index is 12.9. The number of nitrogens with one attached hydrogen (secondary N) is 1. The second kappa shape index (κ2) is 7.46. The van der Waals surface area contributed by atoms with Crippen LogP contribution in [0.2, 0.25) is 0 Å². The Morgan fingerprint density at radius 1 is 1.12 bits per heavy atom. The number of fused-ring (bicyclic) bond motifs is 1. The number of aromatic amines is 1. The van der Waals surface area contributed by atoms with Gasteiger partial charge in [0.15, 0.2) is 18.0 Å². The molecule has 0 radical (unpaired) electrons. The number of hydrogen-bond donors (Lipinski definition) is 1. The zero-order valence-corrected chi connectivity index (χ0v) is 18.2. The number of piperidine rings is 1. The maximum Gasteiger partial charge on any atom is 0.227 e. The van der Waals surface area contributed by atoms with Crippen molar-refractivity contribution in [2.45, 2.75) is 43.9 Å². The van der Waals surface area contributed by atoms with Crippen LogP contribution >= 0.6 is 0 Å². The van der Waals surface area contributed by atoms with E-state index < -0.39 is 0 Å². The number of anilines is 1. The minimum Gasteiger partial charge on any atom is -0.619 e. The number of hydrogen-bond acceptors (Lipinski definition) is 5. The van der Waals surface area contributed by atoms with Crippen LogP contribution in [0.1, 0.15) is 49.9 Å². The first-order valence-electron chi connectivity index (χ1n) is 11.7. The van der Waals surface area contributed by atoms with Gasteiger partial charge in [-0.25, -0.2) is 9.97 Å². The van der Waals surface area contributed by atoms with Crippen molar-refractivity contribution in [3.05, 3.63) is 53.3 Å². The Kier molecular flexibility index (Phi) is 4.55. The third-order valence-corrected chi connectivity index (χ3v) is 7.37. The Bertz CT molecular complexity index is 1160. The molecular weight excluding hydrogens is 404 g/mol. The van der Waals surface area contributed by atoms with Gasteiger partial charge in [0, 0.05) is 37.8 Å². The highest BCUT2D eigenvalue weighted by molar-refractivity contribution is 5.80. The van der Waals surface area contributed by atoms with Crippen molar-refractivity contribution in [2.75, 3.05) is 31.1 Å². The zero-order valence-electron chi connectivity index (χ0n) is 18.2. The van der Waals surface area contributed by atoms with E-state index in [1.807, 2.05) is 23.1 Å². The van der Waals surface area contributed by atoms with Crippen molar-refractivity contribution in [1.29, 1.82) is 0 Å². The number of pyridine rings is 2. The van der Waals surface area contributed by atoms with Crippen molar-refractivity contribution in [3.8, 4) is 0 Å². The summed E-state index contributed by atoms with van der Waals surface area (Å²) in [6.45, 7) is 3.45. The van der Waals surface area contributed by atoms with Gasteiger partial charge < -0.3 is 20.0 Å². The van der Waals surface area contributed by atoms with Crippen LogP contribution in [0.3, 0.4) is 0 Å². The molecule has 1 N–H and O–H groups in total. The lowest BCUT2D eigenvalue weighted by Crippen LogP contribution is -2.44. The van der Waals surface area contributed by atoms with E-state index in [-0.39, 0.29) is 11.3 Å². The van der Waals surface area contributed by atoms with Crippen molar-refractivity contribution in [2.24, 2.45) is 5.92 Å². The number of nitrogens with zero attached hydrogens (tertiary/aromatic N) is 5. The Labute approximate surface area is 186 Å². The van der Waals surface area contributed by atoms with Crippen molar-refractivity contribution in [3.63, 3.8) is 0 Å². The van der Waals surface area contributed by atoms with Crippen LogP contribution in [0, 0.1) is 11.1 Å². The lowest BCUT2D eigenvalue weighted by atomic mass is 9.96. The van der Waals surface area contributed by atoms with E-state index in [2.05, 4.69) is 9.88 Å². The van der Waals surface area contributed by atoms with Crippen LogP contribution < -0.4 is 9.63 Å². The average Bonchev–Trinajstić information content (AvgIpc) is 3.24. The molecule has 1 unspecified atom stereocenters. The number of likely N-dealkylation sites (tertiary alicyclic amines) is 1. The maximum absolute atomic E-state index is 12.9. The molecule has 1 aliphatic carbocycles. The van der Waals surface area contributed by atoms with E-state index in [0.29, 0.717) is 11.6 Å². The SMILES string of the molecule is O=C(C1CCCN(c2ccc3[nH]c(C4(c5ccc[n+]([O-])c5)CC4)nc3n2)C1)N1CCCC1. The number of amides is 1. The van der Waals surface area contributed by atoms with Gasteiger partial charge in [0.25, 0.3) is 0 Å². The molecule has 8 heteroatoms. The fraction of sp³-hybridized carbons (Fsp3) is 0.500. The summed E-state index contributed by atoms with van der Waals surface area (Å²) in [5.41, 5.74) is 2.38. The van der Waals surface area contributed by atoms with Crippen molar-refractivity contribution in [1.82, 2.24) is 19.9 Å². The number of carbonyl (C=O) groups is 1. The fourth-order valence-electron chi connectivity index (χ4n) is 5.39. The highest BCUT2D eigenvalue weighted by atomic mass is 16.5. The van der Waals surface area contributed by atoms with Crippen molar-refractivity contribution < 1.29 is 9.52 Å². The van der Waals surface area contributed by atoms with Crippen molar-refractivity contribution >= 4 is 22.9 Å². The van der Waals surface area contributed by atoms with Gasteiger partial charge in [-0.2, -0.15) is 4.73 Å². The number of imidazole rings is 1. The molecule has 8 nitrogen and oxygen atoms in total. The largest absolute Gasteiger partial charge is 0.619 e. The highest BCUT2D eigenvalue weighted by Crippen LogP contribution is 2.52. The van der Waals surface area contributed by atoms with Crippen LogP contribution in [0.15, 0.2) is 36.7 Å². The van der Waals surface area contributed by atoms with Gasteiger partial charge in [-0.05, 0) is 56.7 Å². The van der Waals surface area contributed by atoms with Gasteiger partial charge >= 0.3 is 0 Å². The van der Waals surface area contributed by atoms with E-state index in [9.17, 15) is 10.0 Å². The fourth-order valence-corrected chi connectivity index (χ4v) is 5.39. The Hall–Kier alpha value is -3.16. The van der Waals surface area contributed by atoms with Gasteiger partial charge in [0.05, 0.1) is 16.8 Å². The lowest BCUT2D eigenvalue weighted by molar-refractivity contribution is -0.606. The van der Waals surface area contributed by atoms with Crippen LogP contribution in [-0.4, -0.2) is 51.9 Å². The summed E-state index contributed by atoms with van der Waals surface area (Å²) in [4.78, 5) is 30.3. The monoisotopic (exact) mass is 432 g/mol. The normalized spacial score (nSPS) is 22.4. The molecule has 0 aromatic carbocycles. The summed E-state index contributed by atoms with van der Waals surface area (Å²) < 4.78 is 0.852. The summed E-state index contributed by atoms with van der Waals surface area (Å²) >= 11 is 0. The first-order chi connectivity index (χ1) is 15.6. The molecule has 5 heterocycles. The molecule has 1 saturated carbocycles. The summed E-state index contributed by atoms with van der Waals surface area (Å²) in [5, 5.41) is 11.8. The Morgan fingerprint density at radius 2 is 1.97 bits per heavy atom. The van der Waals surface area contributed by atoms with Gasteiger partial charge in [0.2, 0.25) is 5.91 Å². The van der Waals surface area contributed by atoms with Gasteiger partial charge in [0.1, 0.15) is 11.6 Å². The number of H-pyrrole nitrogens is 1. The van der Waals surface area contributed by atoms with Crippen LogP contribution in [-0.2, 0) is 10.2 Å². The topological polar surface area (TPSA) is 92.1 Å². The first-order valence-corrected chi connectivity index (χ1v) is 11.7. The second-order valence-corrected chi connectivity index (χ2v) is 9.48. The predicted molar refractivity (Wildman–Crippen MR) is 120 cm³/mol. The number of rotatable bonds is 4. The molecule has 3 aromatic rings. The standard InChI is InChI=1S/C24H28N6O2/c31-22(28-11-1-2-12-28)17-5-3-13-29(15-17)20-8-7-19-21(26-20)27-23(25-19)24(9-10-24)18-6-4-14-30(32)16-18/h4,6-8,14,16-17H,1-3,5,9-13,15H2,(H,25,26,27). The first kappa shape index (κ1) is 19.5. The molecule has 6 rings (SSSR count). The minimum atomic E-state index is -0.216. The Morgan fingerprint density at radius 3 is 2.75 bits per heavy atom. The predicted octanol–water partition coefficient (Wildman–Crippen LogP) is 2.51. The molecule has 0 spiro atoms. The molecule has 0 bridgehead atoms. The minimum absolute atomic E-state index is 0.0562. The summed E-state index contributed by atoms with van der Waals surface area (Å²) in [6, 6.07) is 7.85. The molecule has 3 aromatic heterocycles. The van der Waals surface area contributed by atoms with E-state index in [0.717, 1.165) is 92.2 Å². The number of carbonyl (C=O) groups excluding carboxylic acids is 1. The quantitative estimate of drug-likeness (QED) is 0.505. The third-order valence-electron chi connectivity index (χ3n) is 7.37. The van der Waals surface area contributed by atoms with E-state index >= 15 is 0 Å². The summed E-state index contributed by atoms with van der Waals surface area (Å²) in [6.07, 6.45) is 9.30. The molecule has 1 amide bonds. The van der Waals surface area contributed by atoms with E-state index in [1.54, 1.807) is 12.3 Å². The smallest absolute Gasteiger partial charge is 0.227 e. The summed E-state index contributed by atoms with van der Waals surface area (Å²) in [7, 11) is 0. The molecule has 2 aliphatic heterocycles. The van der Waals surface area contributed by atoms with Gasteiger partial charge in [-0.1, -0.05) is 0 Å². The van der Waals surface area contributed by atoms with Gasteiger partial charge in [-0.15, -0.1) is 0 Å².